The van der Waals surface area contributed by atoms with Crippen molar-refractivity contribution in [3.8, 4) is 0 Å². The fourth-order valence-corrected chi connectivity index (χ4v) is 3.12. The summed E-state index contributed by atoms with van der Waals surface area (Å²) in [7, 11) is 0. The Morgan fingerprint density at radius 2 is 2.22 bits per heavy atom. The molecule has 1 fully saturated rings. The molecule has 18 heavy (non-hydrogen) atoms. The number of fused-ring (bicyclic) bond motifs is 2. The van der Waals surface area contributed by atoms with Gasteiger partial charge in [-0.2, -0.15) is 0 Å². The molecule has 0 aromatic rings. The van der Waals surface area contributed by atoms with Crippen molar-refractivity contribution in [2.24, 2.45) is 17.3 Å². The van der Waals surface area contributed by atoms with Gasteiger partial charge in [-0.15, -0.1) is 0 Å². The average Bonchev–Trinajstić information content (AvgIpc) is 2.89. The number of carbonyl (C=O) groups excluding carboxylic acids is 1. The second kappa shape index (κ2) is 5.12. The highest BCUT2D eigenvalue weighted by Gasteiger charge is 2.54. The minimum absolute atomic E-state index is 0.00118. The van der Waals surface area contributed by atoms with E-state index in [1.807, 2.05) is 13.0 Å². The van der Waals surface area contributed by atoms with Crippen molar-refractivity contribution in [3.63, 3.8) is 0 Å². The van der Waals surface area contributed by atoms with E-state index >= 15 is 0 Å². The molecule has 0 aromatic carbocycles. The van der Waals surface area contributed by atoms with Crippen LogP contribution in [0.25, 0.3) is 0 Å². The molecule has 3 atom stereocenters. The molecule has 0 heterocycles. The van der Waals surface area contributed by atoms with Crippen LogP contribution in [0.5, 0.6) is 0 Å². The van der Waals surface area contributed by atoms with Crippen LogP contribution in [0, 0.1) is 17.3 Å². The Balaban J connectivity index is 1.98. The molecule has 0 aliphatic heterocycles. The lowest BCUT2D eigenvalue weighted by molar-refractivity contribution is -0.160. The van der Waals surface area contributed by atoms with Gasteiger partial charge >= 0.3 is 11.9 Å². The van der Waals surface area contributed by atoms with E-state index in [9.17, 15) is 14.7 Å². The van der Waals surface area contributed by atoms with Crippen LogP contribution in [0.3, 0.4) is 0 Å². The first kappa shape index (κ1) is 13.1. The highest BCUT2D eigenvalue weighted by Crippen LogP contribution is 2.54. The molecule has 1 N–H and O–H groups in total. The third-order valence-corrected chi connectivity index (χ3v) is 4.16. The fourth-order valence-electron chi connectivity index (χ4n) is 3.12. The van der Waals surface area contributed by atoms with E-state index in [2.05, 4.69) is 6.08 Å². The second-order valence-corrected chi connectivity index (χ2v) is 5.40. The lowest BCUT2D eigenvalue weighted by Crippen LogP contribution is -2.37. The van der Waals surface area contributed by atoms with E-state index in [0.717, 1.165) is 19.3 Å². The van der Waals surface area contributed by atoms with Gasteiger partial charge in [0.1, 0.15) is 0 Å². The molecule has 4 nitrogen and oxygen atoms in total. The first-order valence-corrected chi connectivity index (χ1v) is 6.66. The third kappa shape index (κ3) is 2.28. The Morgan fingerprint density at radius 3 is 2.72 bits per heavy atom. The highest BCUT2D eigenvalue weighted by atomic mass is 16.5. The third-order valence-electron chi connectivity index (χ3n) is 4.16. The van der Waals surface area contributed by atoms with Gasteiger partial charge in [-0.1, -0.05) is 25.5 Å². The quantitative estimate of drug-likeness (QED) is 0.448. The number of esters is 1. The van der Waals surface area contributed by atoms with Crippen molar-refractivity contribution in [1.82, 2.24) is 0 Å². The number of allylic oxidation sites excluding steroid dienone is 2. The first-order valence-electron chi connectivity index (χ1n) is 6.66. The van der Waals surface area contributed by atoms with Gasteiger partial charge in [0, 0.05) is 0 Å². The van der Waals surface area contributed by atoms with Gasteiger partial charge in [-0.3, -0.25) is 9.59 Å². The lowest BCUT2D eigenvalue weighted by Gasteiger charge is -2.30. The number of hydrogen-bond acceptors (Lipinski definition) is 3. The van der Waals surface area contributed by atoms with Crippen LogP contribution in [0.15, 0.2) is 12.2 Å². The Morgan fingerprint density at radius 1 is 1.44 bits per heavy atom. The molecular weight excluding hydrogens is 232 g/mol. The maximum atomic E-state index is 11.8. The molecule has 1 saturated carbocycles. The molecule has 2 bridgehead atoms. The van der Waals surface area contributed by atoms with E-state index in [-0.39, 0.29) is 18.3 Å². The van der Waals surface area contributed by atoms with E-state index < -0.39 is 11.4 Å². The largest absolute Gasteiger partial charge is 0.481 e. The number of aliphatic carboxylic acids is 1. The summed E-state index contributed by atoms with van der Waals surface area (Å²) in [6.45, 7) is 2.42. The summed E-state index contributed by atoms with van der Waals surface area (Å²) in [6.07, 6.45) is 7.29. The van der Waals surface area contributed by atoms with E-state index in [4.69, 9.17) is 4.74 Å². The normalized spacial score (nSPS) is 32.7. The van der Waals surface area contributed by atoms with Crippen molar-refractivity contribution in [2.75, 3.05) is 6.61 Å². The van der Waals surface area contributed by atoms with Crippen LogP contribution in [0.2, 0.25) is 0 Å². The maximum absolute atomic E-state index is 11.8. The topological polar surface area (TPSA) is 63.6 Å². The minimum Gasteiger partial charge on any atom is -0.481 e. The summed E-state index contributed by atoms with van der Waals surface area (Å²) in [5.74, 6) is -0.896. The van der Waals surface area contributed by atoms with E-state index in [1.54, 1.807) is 0 Å². The maximum Gasteiger partial charge on any atom is 0.310 e. The van der Waals surface area contributed by atoms with Crippen LogP contribution < -0.4 is 0 Å². The smallest absolute Gasteiger partial charge is 0.310 e. The Kier molecular flexibility index (Phi) is 3.73. The van der Waals surface area contributed by atoms with Gasteiger partial charge in [0.05, 0.1) is 18.4 Å². The van der Waals surface area contributed by atoms with Gasteiger partial charge in [-0.25, -0.2) is 0 Å². The van der Waals surface area contributed by atoms with Crippen molar-refractivity contribution in [1.29, 1.82) is 0 Å². The van der Waals surface area contributed by atoms with Gasteiger partial charge in [0.2, 0.25) is 0 Å². The zero-order valence-corrected chi connectivity index (χ0v) is 10.7. The first-order chi connectivity index (χ1) is 8.58. The summed E-state index contributed by atoms with van der Waals surface area (Å²) < 4.78 is 5.10. The zero-order chi connectivity index (χ0) is 13.2. The average molecular weight is 252 g/mol. The second-order valence-electron chi connectivity index (χ2n) is 5.40. The van der Waals surface area contributed by atoms with Crippen LogP contribution in [-0.2, 0) is 14.3 Å². The summed E-state index contributed by atoms with van der Waals surface area (Å²) in [6, 6.07) is 0. The summed E-state index contributed by atoms with van der Waals surface area (Å²) in [5, 5.41) is 9.46. The summed E-state index contributed by atoms with van der Waals surface area (Å²) in [5.41, 5.74) is -0.914. The lowest BCUT2D eigenvalue weighted by atomic mass is 9.73. The van der Waals surface area contributed by atoms with Crippen molar-refractivity contribution < 1.29 is 19.4 Å². The van der Waals surface area contributed by atoms with E-state index in [0.29, 0.717) is 18.9 Å². The standard InChI is InChI=1S/C14H20O4/c1-2-3-6-18-12(15)9-14(13(16)17)8-10-4-5-11(14)7-10/h4-5,10-11H,2-3,6-9H2,1H3,(H,16,17). The van der Waals surface area contributed by atoms with Crippen molar-refractivity contribution >= 4 is 11.9 Å². The molecular formula is C14H20O4. The fraction of sp³-hybridized carbons (Fsp3) is 0.714. The monoisotopic (exact) mass is 252 g/mol. The summed E-state index contributed by atoms with van der Waals surface area (Å²) in [4.78, 5) is 23.3. The molecule has 0 spiro atoms. The Labute approximate surface area is 107 Å². The van der Waals surface area contributed by atoms with Gasteiger partial charge in [-0.05, 0) is 31.1 Å². The molecule has 3 unspecified atom stereocenters. The number of carboxylic acids is 1. The van der Waals surface area contributed by atoms with Crippen LogP contribution >= 0.6 is 0 Å². The number of ether oxygens (including phenoxy) is 1. The van der Waals surface area contributed by atoms with Gasteiger partial charge in [0.25, 0.3) is 0 Å². The Bertz CT molecular complexity index is 374. The number of carbonyl (C=O) groups is 2. The van der Waals surface area contributed by atoms with Gasteiger partial charge < -0.3 is 9.84 Å². The molecule has 0 aromatic heterocycles. The number of carboxylic acid groups (broad SMARTS) is 1. The van der Waals surface area contributed by atoms with Crippen molar-refractivity contribution in [2.45, 2.75) is 39.0 Å². The molecule has 2 aliphatic carbocycles. The molecule has 4 heteroatoms. The summed E-state index contributed by atoms with van der Waals surface area (Å²) >= 11 is 0. The number of rotatable bonds is 6. The van der Waals surface area contributed by atoms with Crippen LogP contribution in [0.1, 0.15) is 39.0 Å². The predicted molar refractivity (Wildman–Crippen MR) is 65.9 cm³/mol. The predicted octanol–water partition coefficient (Wildman–Crippen LogP) is 2.39. The van der Waals surface area contributed by atoms with Crippen LogP contribution in [-0.4, -0.2) is 23.7 Å². The zero-order valence-electron chi connectivity index (χ0n) is 10.7. The van der Waals surface area contributed by atoms with E-state index in [1.165, 1.54) is 0 Å². The SMILES string of the molecule is CCCCOC(=O)CC1(C(=O)O)CC2C=CC1C2. The molecule has 0 radical (unpaired) electrons. The number of hydrogen-bond donors (Lipinski definition) is 1. The molecule has 100 valence electrons. The molecule has 0 saturated heterocycles. The Hall–Kier alpha value is -1.32. The van der Waals surface area contributed by atoms with Crippen LogP contribution in [0.4, 0.5) is 0 Å². The molecule has 2 rings (SSSR count). The minimum atomic E-state index is -0.914. The van der Waals surface area contributed by atoms with Crippen molar-refractivity contribution in [3.05, 3.63) is 12.2 Å². The highest BCUT2D eigenvalue weighted by molar-refractivity contribution is 5.83. The number of unbranched alkanes of at least 4 members (excludes halogenated alkanes) is 1. The van der Waals surface area contributed by atoms with Gasteiger partial charge in [0.15, 0.2) is 0 Å². The molecule has 2 aliphatic rings. The molecule has 0 amide bonds.